The molecule has 20 heavy (non-hydrogen) atoms. The van der Waals surface area contributed by atoms with E-state index < -0.39 is 0 Å². The molecule has 1 aromatic heterocycles. The van der Waals surface area contributed by atoms with Crippen molar-refractivity contribution in [3.63, 3.8) is 0 Å². The molecular weight excluding hydrogens is 270 g/mol. The minimum absolute atomic E-state index is 0.806. The zero-order chi connectivity index (χ0) is 14.2. The number of hydrogen-bond donors (Lipinski definition) is 2. The Hall–Kier alpha value is -1.14. The molecule has 0 atom stereocenters. The smallest absolute Gasteiger partial charge is 0.191 e. The summed E-state index contributed by atoms with van der Waals surface area (Å²) < 4.78 is 2.06. The molecule has 1 saturated heterocycles. The predicted molar refractivity (Wildman–Crippen MR) is 87.4 cm³/mol. The van der Waals surface area contributed by atoms with Crippen molar-refractivity contribution in [2.45, 2.75) is 6.54 Å². The Bertz CT molecular complexity index is 423. The number of hydrogen-bond acceptors (Lipinski definition) is 3. The Balaban J connectivity index is 1.64. The quantitative estimate of drug-likeness (QED) is 0.621. The highest BCUT2D eigenvalue weighted by Crippen LogP contribution is 2.07. The number of nitrogens with zero attached hydrogens (tertiary/aromatic N) is 3. The highest BCUT2D eigenvalue weighted by molar-refractivity contribution is 7.99. The average Bonchev–Trinajstić information content (AvgIpc) is 2.89. The van der Waals surface area contributed by atoms with Crippen LogP contribution in [0.25, 0.3) is 0 Å². The zero-order valence-corrected chi connectivity index (χ0v) is 13.2. The van der Waals surface area contributed by atoms with E-state index in [4.69, 9.17) is 0 Å². The van der Waals surface area contributed by atoms with E-state index in [1.165, 1.54) is 30.2 Å². The van der Waals surface area contributed by atoms with Gasteiger partial charge in [0.1, 0.15) is 0 Å². The van der Waals surface area contributed by atoms with Gasteiger partial charge in [0, 0.05) is 70.7 Å². The summed E-state index contributed by atoms with van der Waals surface area (Å²) in [7, 11) is 3.85. The van der Waals surface area contributed by atoms with Gasteiger partial charge in [0.15, 0.2) is 5.96 Å². The summed E-state index contributed by atoms with van der Waals surface area (Å²) in [6, 6.07) is 2.12. The third-order valence-corrected chi connectivity index (χ3v) is 4.34. The first kappa shape index (κ1) is 15.3. The summed E-state index contributed by atoms with van der Waals surface area (Å²) in [6.45, 7) is 5.26. The van der Waals surface area contributed by atoms with Gasteiger partial charge in [-0.2, -0.15) is 11.8 Å². The molecule has 0 spiro atoms. The summed E-state index contributed by atoms with van der Waals surface area (Å²) >= 11 is 2.05. The van der Waals surface area contributed by atoms with Crippen LogP contribution in [0.1, 0.15) is 5.56 Å². The van der Waals surface area contributed by atoms with Crippen molar-refractivity contribution in [3.8, 4) is 0 Å². The number of nitrogens with one attached hydrogen (secondary N) is 2. The number of aromatic nitrogens is 1. The molecule has 112 valence electrons. The van der Waals surface area contributed by atoms with Gasteiger partial charge in [0.25, 0.3) is 0 Å². The van der Waals surface area contributed by atoms with Gasteiger partial charge < -0.3 is 15.2 Å². The minimum atomic E-state index is 0.806. The largest absolute Gasteiger partial charge is 0.357 e. The third-order valence-electron chi connectivity index (χ3n) is 3.40. The van der Waals surface area contributed by atoms with Crippen LogP contribution in [0.3, 0.4) is 0 Å². The molecule has 5 nitrogen and oxygen atoms in total. The van der Waals surface area contributed by atoms with E-state index in [0.29, 0.717) is 0 Å². The van der Waals surface area contributed by atoms with Gasteiger partial charge in [-0.05, 0) is 11.6 Å². The summed E-state index contributed by atoms with van der Waals surface area (Å²) in [5.74, 6) is 3.40. The normalized spacial score (nSPS) is 17.2. The van der Waals surface area contributed by atoms with E-state index >= 15 is 0 Å². The van der Waals surface area contributed by atoms with Crippen LogP contribution in [-0.2, 0) is 13.6 Å². The van der Waals surface area contributed by atoms with Crippen molar-refractivity contribution in [3.05, 3.63) is 24.0 Å². The maximum absolute atomic E-state index is 4.26. The first-order valence-electron chi connectivity index (χ1n) is 7.13. The van der Waals surface area contributed by atoms with E-state index in [2.05, 4.69) is 55.3 Å². The van der Waals surface area contributed by atoms with Crippen LogP contribution >= 0.6 is 11.8 Å². The van der Waals surface area contributed by atoms with Gasteiger partial charge in [0.05, 0.1) is 0 Å². The SMILES string of the molecule is CN=C(NCCN1CCSCC1)NCc1ccn(C)c1. The molecule has 2 rings (SSSR count). The average molecular weight is 295 g/mol. The topological polar surface area (TPSA) is 44.6 Å². The lowest BCUT2D eigenvalue weighted by Gasteiger charge is -2.26. The van der Waals surface area contributed by atoms with Crippen LogP contribution in [0.5, 0.6) is 0 Å². The lowest BCUT2D eigenvalue weighted by molar-refractivity contribution is 0.307. The number of thioether (sulfide) groups is 1. The fourth-order valence-electron chi connectivity index (χ4n) is 2.23. The second-order valence-corrected chi connectivity index (χ2v) is 6.22. The Morgan fingerprint density at radius 3 is 2.80 bits per heavy atom. The van der Waals surface area contributed by atoms with E-state index in [0.717, 1.165) is 25.6 Å². The van der Waals surface area contributed by atoms with Crippen LogP contribution < -0.4 is 10.6 Å². The van der Waals surface area contributed by atoms with Gasteiger partial charge in [-0.25, -0.2) is 0 Å². The van der Waals surface area contributed by atoms with E-state index in [1.54, 1.807) is 0 Å². The van der Waals surface area contributed by atoms with Crippen molar-refractivity contribution in [2.24, 2.45) is 12.0 Å². The van der Waals surface area contributed by atoms with Gasteiger partial charge in [0.2, 0.25) is 0 Å². The maximum atomic E-state index is 4.26. The predicted octanol–water partition coefficient (Wildman–Crippen LogP) is 0.739. The molecule has 0 radical (unpaired) electrons. The molecule has 1 fully saturated rings. The summed E-state index contributed by atoms with van der Waals surface area (Å²) in [6.07, 6.45) is 4.17. The Labute approximate surface area is 125 Å². The second-order valence-electron chi connectivity index (χ2n) is 4.99. The van der Waals surface area contributed by atoms with Crippen LogP contribution in [0.4, 0.5) is 0 Å². The van der Waals surface area contributed by atoms with Crippen LogP contribution in [0, 0.1) is 0 Å². The standard InChI is InChI=1S/C14H25N5S/c1-15-14(17-11-13-3-5-18(2)12-13)16-4-6-19-7-9-20-10-8-19/h3,5,12H,4,6-11H2,1-2H3,(H2,15,16,17). The molecule has 0 amide bonds. The van der Waals surface area contributed by atoms with Crippen LogP contribution in [-0.4, -0.2) is 60.2 Å². The summed E-state index contributed by atoms with van der Waals surface area (Å²) in [4.78, 5) is 6.77. The molecule has 2 N–H and O–H groups in total. The highest BCUT2D eigenvalue weighted by Gasteiger charge is 2.09. The van der Waals surface area contributed by atoms with E-state index in [1.807, 2.05) is 14.1 Å². The molecule has 1 aromatic rings. The molecule has 0 bridgehead atoms. The number of guanidine groups is 1. The number of rotatable bonds is 5. The first-order chi connectivity index (χ1) is 9.78. The van der Waals surface area contributed by atoms with Gasteiger partial charge in [-0.1, -0.05) is 0 Å². The molecule has 1 aliphatic rings. The van der Waals surface area contributed by atoms with Crippen molar-refractivity contribution in [1.82, 2.24) is 20.1 Å². The molecule has 0 aromatic carbocycles. The van der Waals surface area contributed by atoms with Gasteiger partial charge >= 0.3 is 0 Å². The Morgan fingerprint density at radius 2 is 2.15 bits per heavy atom. The summed E-state index contributed by atoms with van der Waals surface area (Å²) in [5.41, 5.74) is 1.27. The zero-order valence-electron chi connectivity index (χ0n) is 12.4. The Kier molecular flexibility index (Phi) is 6.26. The lowest BCUT2D eigenvalue weighted by atomic mass is 10.3. The van der Waals surface area contributed by atoms with Crippen molar-refractivity contribution in [2.75, 3.05) is 44.7 Å². The summed E-state index contributed by atoms with van der Waals surface area (Å²) in [5, 5.41) is 6.72. The molecule has 0 saturated carbocycles. The van der Waals surface area contributed by atoms with Crippen LogP contribution in [0.15, 0.2) is 23.5 Å². The lowest BCUT2D eigenvalue weighted by Crippen LogP contribution is -2.43. The van der Waals surface area contributed by atoms with Crippen molar-refractivity contribution < 1.29 is 0 Å². The molecule has 6 heteroatoms. The molecule has 0 unspecified atom stereocenters. The van der Waals surface area contributed by atoms with Crippen LogP contribution in [0.2, 0.25) is 0 Å². The second kappa shape index (κ2) is 8.21. The first-order valence-corrected chi connectivity index (χ1v) is 8.29. The Morgan fingerprint density at radius 1 is 1.35 bits per heavy atom. The molecule has 2 heterocycles. The van der Waals surface area contributed by atoms with E-state index in [9.17, 15) is 0 Å². The van der Waals surface area contributed by atoms with E-state index in [-0.39, 0.29) is 0 Å². The van der Waals surface area contributed by atoms with Crippen molar-refractivity contribution >= 4 is 17.7 Å². The molecule has 0 aliphatic carbocycles. The monoisotopic (exact) mass is 295 g/mol. The fraction of sp³-hybridized carbons (Fsp3) is 0.643. The minimum Gasteiger partial charge on any atom is -0.357 e. The fourth-order valence-corrected chi connectivity index (χ4v) is 3.21. The number of aliphatic imine (C=N–C) groups is 1. The van der Waals surface area contributed by atoms with Gasteiger partial charge in [-0.3, -0.25) is 9.89 Å². The third kappa shape index (κ3) is 5.09. The highest BCUT2D eigenvalue weighted by atomic mass is 32.2. The molecule has 1 aliphatic heterocycles. The molecular formula is C14H25N5S. The maximum Gasteiger partial charge on any atom is 0.191 e. The van der Waals surface area contributed by atoms with Gasteiger partial charge in [-0.15, -0.1) is 0 Å². The number of aryl methyl sites for hydroxylation is 1. The van der Waals surface area contributed by atoms with Crippen molar-refractivity contribution in [1.29, 1.82) is 0 Å².